The molecule has 1 aliphatic carbocycles. The van der Waals surface area contributed by atoms with E-state index in [2.05, 4.69) is 48.5 Å². The minimum Gasteiger partial charge on any atom is -0.508 e. The van der Waals surface area contributed by atoms with E-state index in [1.54, 1.807) is 6.07 Å². The predicted octanol–water partition coefficient (Wildman–Crippen LogP) is 7.52. The number of phenols is 1. The molecule has 0 bridgehead atoms. The van der Waals surface area contributed by atoms with E-state index < -0.39 is 0 Å². The summed E-state index contributed by atoms with van der Waals surface area (Å²) in [5.41, 5.74) is 2.64. The van der Waals surface area contributed by atoms with Gasteiger partial charge in [0.25, 0.3) is 0 Å². The maximum atomic E-state index is 9.95. The molecule has 4 aromatic carbocycles. The van der Waals surface area contributed by atoms with Crippen LogP contribution in [0.15, 0.2) is 66.7 Å². The molecule has 4 aromatic rings. The van der Waals surface area contributed by atoms with Gasteiger partial charge in [0.1, 0.15) is 17.2 Å². The Morgan fingerprint density at radius 1 is 0.690 bits per heavy atom. The number of fused-ring (bicyclic) bond motifs is 6. The van der Waals surface area contributed by atoms with E-state index in [1.165, 1.54) is 54.0 Å². The van der Waals surface area contributed by atoms with E-state index in [4.69, 9.17) is 4.74 Å². The summed E-state index contributed by atoms with van der Waals surface area (Å²) >= 11 is 0. The molecule has 0 aromatic heterocycles. The molecule has 1 saturated carbocycles. The highest BCUT2D eigenvalue weighted by Crippen LogP contribution is 2.54. The largest absolute Gasteiger partial charge is 0.508 e. The zero-order valence-corrected chi connectivity index (χ0v) is 16.4. The van der Waals surface area contributed by atoms with Crippen molar-refractivity contribution in [3.63, 3.8) is 0 Å². The van der Waals surface area contributed by atoms with Gasteiger partial charge in [-0.2, -0.15) is 0 Å². The Labute approximate surface area is 170 Å². The summed E-state index contributed by atoms with van der Waals surface area (Å²) in [7, 11) is 0. The van der Waals surface area contributed by atoms with Crippen molar-refractivity contribution in [3.8, 4) is 17.2 Å². The molecule has 2 aliphatic rings. The van der Waals surface area contributed by atoms with Crippen LogP contribution in [0, 0.1) is 5.92 Å². The van der Waals surface area contributed by atoms with Gasteiger partial charge in [-0.25, -0.2) is 0 Å². The van der Waals surface area contributed by atoms with E-state index in [0.717, 1.165) is 22.3 Å². The van der Waals surface area contributed by atoms with Gasteiger partial charge in [-0.3, -0.25) is 0 Å². The second-order valence-electron chi connectivity index (χ2n) is 8.57. The molecule has 1 atom stereocenters. The van der Waals surface area contributed by atoms with Crippen molar-refractivity contribution in [1.29, 1.82) is 0 Å². The monoisotopic (exact) mass is 380 g/mol. The molecule has 0 radical (unpaired) electrons. The van der Waals surface area contributed by atoms with E-state index in [1.807, 2.05) is 12.1 Å². The molecule has 144 valence electrons. The molecule has 1 fully saturated rings. The number of hydrogen-bond acceptors (Lipinski definition) is 2. The van der Waals surface area contributed by atoms with Gasteiger partial charge in [0, 0.05) is 27.8 Å². The Kier molecular flexibility index (Phi) is 3.80. The van der Waals surface area contributed by atoms with Gasteiger partial charge in [-0.1, -0.05) is 67.8 Å². The van der Waals surface area contributed by atoms with Crippen molar-refractivity contribution in [1.82, 2.24) is 0 Å². The fraction of sp³-hybridized carbons (Fsp3) is 0.259. The summed E-state index contributed by atoms with van der Waals surface area (Å²) in [5.74, 6) is 3.31. The summed E-state index contributed by atoms with van der Waals surface area (Å²) < 4.78 is 6.68. The number of hydrogen-bond donors (Lipinski definition) is 1. The smallest absolute Gasteiger partial charge is 0.139 e. The first kappa shape index (κ1) is 16.9. The number of phenolic OH excluding ortho intramolecular Hbond substituents is 1. The molecule has 0 spiro atoms. The van der Waals surface area contributed by atoms with Crippen molar-refractivity contribution < 1.29 is 9.84 Å². The minimum absolute atomic E-state index is 0.294. The van der Waals surface area contributed by atoms with E-state index in [-0.39, 0.29) is 0 Å². The third-order valence-corrected chi connectivity index (χ3v) is 6.89. The summed E-state index contributed by atoms with van der Waals surface area (Å²) in [6.45, 7) is 0. The molecule has 1 aliphatic heterocycles. The fourth-order valence-electron chi connectivity index (χ4n) is 5.53. The minimum atomic E-state index is 0.294. The molecule has 1 unspecified atom stereocenters. The highest BCUT2D eigenvalue weighted by molar-refractivity contribution is 5.95. The fourth-order valence-corrected chi connectivity index (χ4v) is 5.53. The number of ether oxygens (including phenoxy) is 1. The molecular weight excluding hydrogens is 356 g/mol. The van der Waals surface area contributed by atoms with Crippen LogP contribution in [0.1, 0.15) is 49.1 Å². The SMILES string of the molecule is Oc1ccc2c3c(ccc2c1)C(C1CCCCC1)c1ccc2ccccc2c1O3. The highest BCUT2D eigenvalue weighted by Gasteiger charge is 2.35. The van der Waals surface area contributed by atoms with Gasteiger partial charge in [0.05, 0.1) is 0 Å². The quantitative estimate of drug-likeness (QED) is 0.370. The van der Waals surface area contributed by atoms with Crippen LogP contribution in [0.2, 0.25) is 0 Å². The van der Waals surface area contributed by atoms with Crippen LogP contribution in [0.4, 0.5) is 0 Å². The molecule has 1 N–H and O–H groups in total. The first-order chi connectivity index (χ1) is 14.3. The summed E-state index contributed by atoms with van der Waals surface area (Å²) in [5, 5.41) is 14.5. The van der Waals surface area contributed by atoms with Gasteiger partial charge in [0.2, 0.25) is 0 Å². The topological polar surface area (TPSA) is 29.5 Å². The first-order valence-electron chi connectivity index (χ1n) is 10.7. The Balaban J connectivity index is 1.64. The lowest BCUT2D eigenvalue weighted by Gasteiger charge is -2.36. The van der Waals surface area contributed by atoms with Crippen molar-refractivity contribution >= 4 is 21.5 Å². The lowest BCUT2D eigenvalue weighted by atomic mass is 9.71. The van der Waals surface area contributed by atoms with Crippen LogP contribution >= 0.6 is 0 Å². The van der Waals surface area contributed by atoms with E-state index >= 15 is 0 Å². The standard InChI is InChI=1S/C27H24O2/c28-20-12-15-22-19(16-20)11-14-24-25(18-7-2-1-3-8-18)23-13-10-17-6-4-5-9-21(17)26(23)29-27(22)24/h4-6,9-16,18,25,28H,1-3,7-8H2. The third-order valence-electron chi connectivity index (χ3n) is 6.89. The second-order valence-corrected chi connectivity index (χ2v) is 8.57. The van der Waals surface area contributed by atoms with Crippen LogP contribution in [0.3, 0.4) is 0 Å². The molecular formula is C27H24O2. The van der Waals surface area contributed by atoms with Crippen LogP contribution in [-0.2, 0) is 0 Å². The molecule has 0 saturated heterocycles. The van der Waals surface area contributed by atoms with Gasteiger partial charge in [0.15, 0.2) is 0 Å². The lowest BCUT2D eigenvalue weighted by Crippen LogP contribution is -2.21. The first-order valence-corrected chi connectivity index (χ1v) is 10.7. The number of aromatic hydroxyl groups is 1. The summed E-state index contributed by atoms with van der Waals surface area (Å²) in [6, 6.07) is 23.0. The molecule has 0 amide bonds. The van der Waals surface area contributed by atoms with Crippen molar-refractivity contribution in [2.75, 3.05) is 0 Å². The van der Waals surface area contributed by atoms with Gasteiger partial charge in [-0.15, -0.1) is 0 Å². The Bertz CT molecular complexity index is 1230. The van der Waals surface area contributed by atoms with Gasteiger partial charge < -0.3 is 9.84 Å². The maximum absolute atomic E-state index is 9.95. The summed E-state index contributed by atoms with van der Waals surface area (Å²) in [4.78, 5) is 0. The molecule has 6 rings (SSSR count). The third kappa shape index (κ3) is 2.62. The lowest BCUT2D eigenvalue weighted by molar-refractivity contribution is 0.311. The van der Waals surface area contributed by atoms with Crippen LogP contribution < -0.4 is 4.74 Å². The van der Waals surface area contributed by atoms with Crippen molar-refractivity contribution in [2.45, 2.75) is 38.0 Å². The van der Waals surface area contributed by atoms with Gasteiger partial charge >= 0.3 is 0 Å². The molecule has 1 heterocycles. The Hall–Kier alpha value is -3.00. The average molecular weight is 380 g/mol. The van der Waals surface area contributed by atoms with Crippen LogP contribution in [0.5, 0.6) is 17.2 Å². The number of benzene rings is 4. The maximum Gasteiger partial charge on any atom is 0.139 e. The second kappa shape index (κ2) is 6.52. The Morgan fingerprint density at radius 2 is 1.38 bits per heavy atom. The molecule has 29 heavy (non-hydrogen) atoms. The highest BCUT2D eigenvalue weighted by atomic mass is 16.5. The normalized spacial score (nSPS) is 19.0. The zero-order chi connectivity index (χ0) is 19.4. The average Bonchev–Trinajstić information content (AvgIpc) is 2.77. The van der Waals surface area contributed by atoms with Crippen LogP contribution in [0.25, 0.3) is 21.5 Å². The zero-order valence-electron chi connectivity index (χ0n) is 16.4. The van der Waals surface area contributed by atoms with Crippen molar-refractivity contribution in [2.24, 2.45) is 5.92 Å². The van der Waals surface area contributed by atoms with Gasteiger partial charge in [-0.05, 0) is 47.7 Å². The Morgan fingerprint density at radius 3 is 2.17 bits per heavy atom. The van der Waals surface area contributed by atoms with E-state index in [9.17, 15) is 5.11 Å². The molecule has 2 heteroatoms. The van der Waals surface area contributed by atoms with Crippen LogP contribution in [-0.4, -0.2) is 5.11 Å². The number of rotatable bonds is 1. The molecule has 2 nitrogen and oxygen atoms in total. The van der Waals surface area contributed by atoms with Crippen molar-refractivity contribution in [3.05, 3.63) is 77.9 Å². The van der Waals surface area contributed by atoms with E-state index in [0.29, 0.717) is 17.6 Å². The predicted molar refractivity (Wildman–Crippen MR) is 118 cm³/mol. The summed E-state index contributed by atoms with van der Waals surface area (Å²) in [6.07, 6.45) is 6.56.